The van der Waals surface area contributed by atoms with Crippen molar-refractivity contribution in [3.05, 3.63) is 69.6 Å². The van der Waals surface area contributed by atoms with Crippen LogP contribution in [0.3, 0.4) is 0 Å². The molecule has 2 aromatic rings. The largest absolute Gasteiger partial charge is 0.356 e. The fourth-order valence-corrected chi connectivity index (χ4v) is 5.78. The predicted octanol–water partition coefficient (Wildman–Crippen LogP) is 3.70. The molecule has 0 aromatic heterocycles. The van der Waals surface area contributed by atoms with Crippen LogP contribution in [0.15, 0.2) is 58.3 Å². The average molecular weight is 396 g/mol. The highest BCUT2D eigenvalue weighted by Crippen LogP contribution is 2.43. The van der Waals surface area contributed by atoms with E-state index in [1.54, 1.807) is 6.07 Å². The third-order valence-electron chi connectivity index (χ3n) is 4.19. The topological polar surface area (TPSA) is 87.2 Å². The summed E-state index contributed by atoms with van der Waals surface area (Å²) in [5, 5.41) is 5.25. The summed E-state index contributed by atoms with van der Waals surface area (Å²) in [4.78, 5) is 2.82. The molecule has 0 bridgehead atoms. The van der Waals surface area contributed by atoms with Gasteiger partial charge in [0.2, 0.25) is 10.0 Å². The molecule has 3 rings (SSSR count). The van der Waals surface area contributed by atoms with Crippen LogP contribution in [0, 0.1) is 4.78 Å². The number of nitrogens with one attached hydrogen (secondary N) is 1. The quantitative estimate of drug-likeness (QED) is 0.830. The van der Waals surface area contributed by atoms with Crippen LogP contribution in [0.5, 0.6) is 0 Å². The van der Waals surface area contributed by atoms with Gasteiger partial charge in [-0.05, 0) is 35.3 Å². The van der Waals surface area contributed by atoms with E-state index in [-0.39, 0.29) is 15.3 Å². The summed E-state index contributed by atoms with van der Waals surface area (Å²) >= 11 is 5.99. The van der Waals surface area contributed by atoms with Crippen LogP contribution in [-0.4, -0.2) is 20.4 Å². The number of hydrogen-bond donors (Lipinski definition) is 2. The Morgan fingerprint density at radius 3 is 2.44 bits per heavy atom. The Labute approximate surface area is 155 Å². The van der Waals surface area contributed by atoms with Gasteiger partial charge in [-0.2, -0.15) is 0 Å². The van der Waals surface area contributed by atoms with Crippen LogP contribution in [-0.2, 0) is 20.7 Å². The molecule has 2 aromatic carbocycles. The lowest BCUT2D eigenvalue weighted by Crippen LogP contribution is -2.20. The van der Waals surface area contributed by atoms with Crippen LogP contribution >= 0.6 is 11.6 Å². The lowest BCUT2D eigenvalue weighted by molar-refractivity contribution is 0.468. The van der Waals surface area contributed by atoms with Gasteiger partial charge in [-0.3, -0.25) is 4.78 Å². The lowest BCUT2D eigenvalue weighted by atomic mass is 10.1. The van der Waals surface area contributed by atoms with Crippen molar-refractivity contribution in [3.8, 4) is 0 Å². The molecule has 0 saturated heterocycles. The van der Waals surface area contributed by atoms with E-state index in [0.29, 0.717) is 5.56 Å². The van der Waals surface area contributed by atoms with Crippen molar-refractivity contribution < 1.29 is 8.42 Å². The van der Waals surface area contributed by atoms with Crippen LogP contribution < -0.4 is 5.14 Å². The van der Waals surface area contributed by atoms with E-state index in [1.807, 2.05) is 49.2 Å². The van der Waals surface area contributed by atoms with Crippen LogP contribution in [0.1, 0.15) is 23.4 Å². The van der Waals surface area contributed by atoms with Crippen molar-refractivity contribution in [3.63, 3.8) is 0 Å². The summed E-state index contributed by atoms with van der Waals surface area (Å²) in [6.45, 7) is 1.91. The van der Waals surface area contributed by atoms with Gasteiger partial charge in [0.15, 0.2) is 0 Å². The number of primary sulfonamides is 1. The highest BCUT2D eigenvalue weighted by atomic mass is 35.5. The smallest absolute Gasteiger partial charge is 0.239 e. The maximum Gasteiger partial charge on any atom is 0.239 e. The Balaban J connectivity index is 2.11. The molecule has 0 fully saturated rings. The summed E-state index contributed by atoms with van der Waals surface area (Å²) < 4.78 is 32.1. The van der Waals surface area contributed by atoms with Gasteiger partial charge in [0, 0.05) is 17.5 Å². The number of nitrogens with zero attached hydrogens (tertiary/aromatic N) is 1. The number of halogens is 1. The molecule has 0 aliphatic carbocycles. The molecule has 8 heteroatoms. The fraction of sp³-hybridized carbons (Fsp3) is 0.176. The van der Waals surface area contributed by atoms with Gasteiger partial charge in [0.05, 0.1) is 10.7 Å². The van der Waals surface area contributed by atoms with Crippen LogP contribution in [0.4, 0.5) is 0 Å². The molecule has 5 nitrogen and oxygen atoms in total. The normalized spacial score (nSPS) is 21.0. The Bertz CT molecular complexity index is 988. The summed E-state index contributed by atoms with van der Waals surface area (Å²) in [7, 11) is -2.76. The third kappa shape index (κ3) is 3.25. The summed E-state index contributed by atoms with van der Waals surface area (Å²) in [5.74, 6) is 0. The van der Waals surface area contributed by atoms with Crippen LogP contribution in [0.25, 0.3) is 5.70 Å². The van der Waals surface area contributed by atoms with Crippen molar-refractivity contribution in [2.24, 2.45) is 5.14 Å². The monoisotopic (exact) mass is 395 g/mol. The molecule has 1 heterocycles. The van der Waals surface area contributed by atoms with Crippen molar-refractivity contribution in [1.29, 1.82) is 4.78 Å². The molecular formula is C17H18ClN3O2S2. The first-order valence-electron chi connectivity index (χ1n) is 7.47. The number of rotatable bonds is 3. The first kappa shape index (κ1) is 18.1. The minimum Gasteiger partial charge on any atom is -0.356 e. The van der Waals surface area contributed by atoms with E-state index < -0.39 is 20.7 Å². The number of sulfonamides is 1. The molecule has 2 atom stereocenters. The Morgan fingerprint density at radius 1 is 1.20 bits per heavy atom. The maximum absolute atomic E-state index is 11.8. The van der Waals surface area contributed by atoms with E-state index in [9.17, 15) is 8.42 Å². The molecule has 0 spiro atoms. The second kappa shape index (κ2) is 6.57. The predicted molar refractivity (Wildman–Crippen MR) is 102 cm³/mol. The molecule has 3 N–H and O–H groups in total. The zero-order valence-electron chi connectivity index (χ0n) is 13.7. The van der Waals surface area contributed by atoms with Gasteiger partial charge < -0.3 is 4.90 Å². The van der Waals surface area contributed by atoms with Crippen molar-refractivity contribution in [2.45, 2.75) is 17.2 Å². The highest BCUT2D eigenvalue weighted by molar-refractivity contribution is 7.90. The van der Waals surface area contributed by atoms with Crippen molar-refractivity contribution >= 4 is 38.0 Å². The van der Waals surface area contributed by atoms with E-state index in [4.69, 9.17) is 21.5 Å². The third-order valence-corrected chi connectivity index (χ3v) is 7.47. The molecule has 0 saturated carbocycles. The zero-order valence-corrected chi connectivity index (χ0v) is 16.1. The molecule has 1 aliphatic heterocycles. The minimum absolute atomic E-state index is 0.0923. The summed E-state index contributed by atoms with van der Waals surface area (Å²) in [6.07, 6.45) is 0. The second-order valence-electron chi connectivity index (χ2n) is 5.81. The van der Waals surface area contributed by atoms with Gasteiger partial charge in [0.1, 0.15) is 10.3 Å². The molecule has 25 heavy (non-hydrogen) atoms. The van der Waals surface area contributed by atoms with E-state index >= 15 is 0 Å². The van der Waals surface area contributed by atoms with Gasteiger partial charge in [0.25, 0.3) is 0 Å². The molecule has 132 valence electrons. The Kier molecular flexibility index (Phi) is 4.76. The van der Waals surface area contributed by atoms with Gasteiger partial charge in [-0.1, -0.05) is 48.0 Å². The number of hydrogen-bond acceptors (Lipinski definition) is 4. The van der Waals surface area contributed by atoms with E-state index in [1.165, 1.54) is 12.1 Å². The maximum atomic E-state index is 11.8. The van der Waals surface area contributed by atoms with Crippen LogP contribution in [0.2, 0.25) is 5.02 Å². The zero-order chi connectivity index (χ0) is 18.4. The first-order chi connectivity index (χ1) is 11.7. The van der Waals surface area contributed by atoms with Gasteiger partial charge in [-0.25, -0.2) is 13.6 Å². The molecular weight excluding hydrogens is 378 g/mol. The summed E-state index contributed by atoms with van der Waals surface area (Å²) in [5.41, 5.74) is 2.59. The van der Waals surface area contributed by atoms with E-state index in [2.05, 4.69) is 0 Å². The lowest BCUT2D eigenvalue weighted by Gasteiger charge is -2.25. The van der Waals surface area contributed by atoms with Gasteiger partial charge >= 0.3 is 0 Å². The standard InChI is InChI=1S/C17H18ClN3O2S2/c1-11-16(13-8-9-14(18)15(10-13)25(20,22)23)21(2)17(24(11)19)12-6-4-3-5-7-12/h3-10,17,19H,1-2H3,(H2,20,22,23). The average Bonchev–Trinajstić information content (AvgIpc) is 2.78. The van der Waals surface area contributed by atoms with Crippen molar-refractivity contribution in [2.75, 3.05) is 7.05 Å². The van der Waals surface area contributed by atoms with Crippen molar-refractivity contribution in [1.82, 2.24) is 4.90 Å². The second-order valence-corrected chi connectivity index (χ2v) is 9.48. The Hall–Kier alpha value is -1.67. The van der Waals surface area contributed by atoms with E-state index in [0.717, 1.165) is 16.2 Å². The van der Waals surface area contributed by atoms with Gasteiger partial charge in [-0.15, -0.1) is 0 Å². The number of allylic oxidation sites excluding steroid dienone is 1. The molecule has 1 aliphatic rings. The fourth-order valence-electron chi connectivity index (χ4n) is 3.05. The molecule has 0 amide bonds. The summed E-state index contributed by atoms with van der Waals surface area (Å²) in [6, 6.07) is 14.6. The highest BCUT2D eigenvalue weighted by Gasteiger charge is 2.33. The molecule has 2 unspecified atom stereocenters. The molecule has 0 radical (unpaired) electrons. The number of nitrogens with two attached hydrogens (primary N) is 1. The minimum atomic E-state index is -3.92. The number of benzene rings is 2. The SMILES string of the molecule is CC1=C(c2ccc(Cl)c(S(N)(=O)=O)c2)N(C)C(c2ccccc2)S1=N. The first-order valence-corrected chi connectivity index (χ1v) is 10.7. The Morgan fingerprint density at radius 2 is 1.84 bits per heavy atom.